The summed E-state index contributed by atoms with van der Waals surface area (Å²) in [5.41, 5.74) is 1.33. The first-order chi connectivity index (χ1) is 10.0. The second-order valence-corrected chi connectivity index (χ2v) is 4.32. The predicted molar refractivity (Wildman–Crippen MR) is 75.2 cm³/mol. The van der Waals surface area contributed by atoms with Crippen LogP contribution in [0.25, 0.3) is 0 Å². The van der Waals surface area contributed by atoms with Gasteiger partial charge in [-0.25, -0.2) is 4.68 Å². The number of carbonyl (C=O) groups excluding carboxylic acids is 1. The van der Waals surface area contributed by atoms with Crippen LogP contribution in [-0.4, -0.2) is 32.8 Å². The minimum atomic E-state index is -0.379. The van der Waals surface area contributed by atoms with Crippen molar-refractivity contribution in [1.82, 2.24) is 19.7 Å². The molecule has 2 aromatic rings. The third-order valence-electron chi connectivity index (χ3n) is 2.78. The van der Waals surface area contributed by atoms with Crippen LogP contribution >= 0.6 is 0 Å². The van der Waals surface area contributed by atoms with Crippen molar-refractivity contribution in [2.75, 3.05) is 12.4 Å². The molecule has 0 aliphatic heterocycles. The molecule has 0 spiro atoms. The van der Waals surface area contributed by atoms with Crippen LogP contribution < -0.4 is 15.6 Å². The summed E-state index contributed by atoms with van der Waals surface area (Å²) >= 11 is 0. The van der Waals surface area contributed by atoms with Crippen LogP contribution in [0.2, 0.25) is 0 Å². The Kier molecular flexibility index (Phi) is 4.27. The van der Waals surface area contributed by atoms with E-state index in [1.165, 1.54) is 25.4 Å². The fourth-order valence-corrected chi connectivity index (χ4v) is 1.78. The third kappa shape index (κ3) is 3.41. The maximum Gasteiger partial charge on any atom is 0.316 e. The van der Waals surface area contributed by atoms with Gasteiger partial charge in [0.15, 0.2) is 0 Å². The molecule has 0 saturated carbocycles. The van der Waals surface area contributed by atoms with Gasteiger partial charge in [-0.2, -0.15) is 15.1 Å². The molecule has 8 nitrogen and oxygen atoms in total. The van der Waals surface area contributed by atoms with Gasteiger partial charge in [-0.15, -0.1) is 0 Å². The van der Waals surface area contributed by atoms with Gasteiger partial charge in [-0.05, 0) is 19.9 Å². The van der Waals surface area contributed by atoms with E-state index in [0.717, 1.165) is 4.68 Å². The van der Waals surface area contributed by atoms with Gasteiger partial charge in [-0.3, -0.25) is 9.59 Å². The average molecular weight is 289 g/mol. The van der Waals surface area contributed by atoms with E-state index < -0.39 is 0 Å². The largest absolute Gasteiger partial charge is 0.467 e. The summed E-state index contributed by atoms with van der Waals surface area (Å²) in [6, 6.07) is 3.10. The molecule has 0 saturated heterocycles. The fraction of sp³-hybridized carbons (Fsp3) is 0.308. The molecule has 0 atom stereocenters. The standard InChI is InChI=1S/C13H15N5O3/c1-8-12(9(2)16-13(15-8)21-3)17-10(19)7-18-11(20)5-4-6-14-18/h4-6H,7H2,1-3H3,(H,17,19). The van der Waals surface area contributed by atoms with Crippen molar-refractivity contribution < 1.29 is 9.53 Å². The Morgan fingerprint density at radius 1 is 1.33 bits per heavy atom. The Bertz CT molecular complexity index is 703. The molecule has 110 valence electrons. The number of carbonyl (C=O) groups is 1. The Balaban J connectivity index is 2.17. The fourth-order valence-electron chi connectivity index (χ4n) is 1.78. The monoisotopic (exact) mass is 289 g/mol. The van der Waals surface area contributed by atoms with E-state index in [4.69, 9.17) is 4.74 Å². The van der Waals surface area contributed by atoms with Crippen LogP contribution in [-0.2, 0) is 11.3 Å². The molecule has 1 amide bonds. The molecule has 0 aliphatic carbocycles. The van der Waals surface area contributed by atoms with Crippen LogP contribution in [0.3, 0.4) is 0 Å². The molecule has 1 N–H and O–H groups in total. The zero-order valence-electron chi connectivity index (χ0n) is 12.0. The van der Waals surface area contributed by atoms with Crippen LogP contribution in [0.1, 0.15) is 11.4 Å². The number of methoxy groups -OCH3 is 1. The summed E-state index contributed by atoms with van der Waals surface area (Å²) in [5.74, 6) is -0.379. The van der Waals surface area contributed by atoms with E-state index in [2.05, 4.69) is 20.4 Å². The predicted octanol–water partition coefficient (Wildman–Crippen LogP) is 0.297. The van der Waals surface area contributed by atoms with Crippen molar-refractivity contribution >= 4 is 11.6 Å². The zero-order chi connectivity index (χ0) is 15.4. The number of amides is 1. The summed E-state index contributed by atoms with van der Waals surface area (Å²) in [5, 5.41) is 6.51. The number of rotatable bonds is 4. The van der Waals surface area contributed by atoms with Crippen LogP contribution in [0.15, 0.2) is 23.1 Å². The van der Waals surface area contributed by atoms with Gasteiger partial charge in [0.05, 0.1) is 24.2 Å². The molecule has 8 heteroatoms. The average Bonchev–Trinajstić information content (AvgIpc) is 2.45. The maximum atomic E-state index is 12.0. The second kappa shape index (κ2) is 6.12. The summed E-state index contributed by atoms with van der Waals surface area (Å²) in [6.45, 7) is 3.30. The van der Waals surface area contributed by atoms with Crippen LogP contribution in [0.5, 0.6) is 6.01 Å². The summed E-state index contributed by atoms with van der Waals surface area (Å²) in [7, 11) is 1.47. The molecular weight excluding hydrogens is 274 g/mol. The van der Waals surface area contributed by atoms with Crippen molar-refractivity contribution in [3.8, 4) is 6.01 Å². The van der Waals surface area contributed by atoms with Gasteiger partial charge in [0.25, 0.3) is 5.56 Å². The first kappa shape index (κ1) is 14.6. The number of hydrogen-bond donors (Lipinski definition) is 1. The molecule has 2 aromatic heterocycles. The van der Waals surface area contributed by atoms with Crippen molar-refractivity contribution in [3.05, 3.63) is 40.1 Å². The van der Waals surface area contributed by atoms with Crippen LogP contribution in [0.4, 0.5) is 5.69 Å². The molecule has 0 aromatic carbocycles. The lowest BCUT2D eigenvalue weighted by Crippen LogP contribution is -2.29. The molecule has 21 heavy (non-hydrogen) atoms. The number of anilines is 1. The highest BCUT2D eigenvalue weighted by Gasteiger charge is 2.13. The SMILES string of the molecule is COc1nc(C)c(NC(=O)Cn2ncccc2=O)c(C)n1. The normalized spacial score (nSPS) is 10.2. The van der Waals surface area contributed by atoms with Crippen molar-refractivity contribution in [3.63, 3.8) is 0 Å². The Morgan fingerprint density at radius 3 is 2.57 bits per heavy atom. The molecule has 0 fully saturated rings. The quantitative estimate of drug-likeness (QED) is 0.869. The Morgan fingerprint density at radius 2 is 2.00 bits per heavy atom. The van der Waals surface area contributed by atoms with E-state index in [1.54, 1.807) is 13.8 Å². The van der Waals surface area contributed by atoms with Crippen LogP contribution in [0, 0.1) is 13.8 Å². The lowest BCUT2D eigenvalue weighted by molar-refractivity contribution is -0.117. The Labute approximate surface area is 120 Å². The second-order valence-electron chi connectivity index (χ2n) is 4.32. The summed E-state index contributed by atoms with van der Waals surface area (Å²) < 4.78 is 6.03. The lowest BCUT2D eigenvalue weighted by Gasteiger charge is -2.11. The smallest absolute Gasteiger partial charge is 0.316 e. The van der Waals surface area contributed by atoms with Crippen molar-refractivity contribution in [2.24, 2.45) is 0 Å². The number of aryl methyl sites for hydroxylation is 2. The number of ether oxygens (including phenoxy) is 1. The topological polar surface area (TPSA) is 99.0 Å². The first-order valence-corrected chi connectivity index (χ1v) is 6.22. The molecular formula is C13H15N5O3. The molecule has 0 unspecified atom stereocenters. The molecule has 2 rings (SSSR count). The van der Waals surface area contributed by atoms with Gasteiger partial charge in [0.2, 0.25) is 5.91 Å². The summed E-state index contributed by atoms with van der Waals surface area (Å²) in [4.78, 5) is 31.7. The molecule has 0 bridgehead atoms. The highest BCUT2D eigenvalue weighted by atomic mass is 16.5. The number of hydrogen-bond acceptors (Lipinski definition) is 6. The number of nitrogens with zero attached hydrogens (tertiary/aromatic N) is 4. The minimum absolute atomic E-state index is 0.176. The maximum absolute atomic E-state index is 12.0. The highest BCUT2D eigenvalue weighted by Crippen LogP contribution is 2.19. The molecule has 0 radical (unpaired) electrons. The van der Waals surface area contributed by atoms with Gasteiger partial charge in [0, 0.05) is 12.3 Å². The molecule has 2 heterocycles. The zero-order valence-corrected chi connectivity index (χ0v) is 12.0. The van der Waals surface area contributed by atoms with Crippen molar-refractivity contribution in [2.45, 2.75) is 20.4 Å². The van der Waals surface area contributed by atoms with E-state index in [9.17, 15) is 9.59 Å². The summed E-state index contributed by atoms with van der Waals surface area (Å²) in [6.07, 6.45) is 1.45. The number of nitrogens with one attached hydrogen (secondary N) is 1. The lowest BCUT2D eigenvalue weighted by atomic mass is 10.3. The minimum Gasteiger partial charge on any atom is -0.467 e. The van der Waals surface area contributed by atoms with Gasteiger partial charge < -0.3 is 10.1 Å². The van der Waals surface area contributed by atoms with E-state index in [0.29, 0.717) is 17.1 Å². The van der Waals surface area contributed by atoms with E-state index >= 15 is 0 Å². The highest BCUT2D eigenvalue weighted by molar-refractivity contribution is 5.91. The third-order valence-corrected chi connectivity index (χ3v) is 2.78. The van der Waals surface area contributed by atoms with E-state index in [-0.39, 0.29) is 24.0 Å². The Hall–Kier alpha value is -2.77. The first-order valence-electron chi connectivity index (χ1n) is 6.22. The van der Waals surface area contributed by atoms with E-state index in [1.807, 2.05) is 0 Å². The van der Waals surface area contributed by atoms with Crippen molar-refractivity contribution in [1.29, 1.82) is 0 Å². The number of aromatic nitrogens is 4. The van der Waals surface area contributed by atoms with Gasteiger partial charge in [-0.1, -0.05) is 0 Å². The van der Waals surface area contributed by atoms with Gasteiger partial charge in [0.1, 0.15) is 6.54 Å². The molecule has 0 aliphatic rings. The van der Waals surface area contributed by atoms with Gasteiger partial charge >= 0.3 is 6.01 Å².